The van der Waals surface area contributed by atoms with Gasteiger partial charge in [-0.15, -0.1) is 0 Å². The van der Waals surface area contributed by atoms with E-state index in [0.717, 1.165) is 49.1 Å². The summed E-state index contributed by atoms with van der Waals surface area (Å²) in [4.78, 5) is 13.1. The molecule has 1 aliphatic carbocycles. The summed E-state index contributed by atoms with van der Waals surface area (Å²) in [6.45, 7) is 1.91. The molecular formula is C22H26F3N2O+. The van der Waals surface area contributed by atoms with Crippen LogP contribution in [0.1, 0.15) is 54.8 Å². The number of hydrogen-bond acceptors (Lipinski definition) is 1. The summed E-state index contributed by atoms with van der Waals surface area (Å²) in [6, 6.07) is 12.2. The number of nitrogens with two attached hydrogens (primary N) is 1. The number of aryl methyl sites for hydroxylation is 1. The van der Waals surface area contributed by atoms with Crippen molar-refractivity contribution in [3.63, 3.8) is 0 Å². The quantitative estimate of drug-likeness (QED) is 0.769. The maximum atomic E-state index is 13.1. The van der Waals surface area contributed by atoms with Gasteiger partial charge in [-0.25, -0.2) is 0 Å². The number of carbonyl (C=O) groups excluding carboxylic acids is 1. The van der Waals surface area contributed by atoms with Crippen LogP contribution in [-0.4, -0.2) is 11.9 Å². The molecule has 28 heavy (non-hydrogen) atoms. The third-order valence-corrected chi connectivity index (χ3v) is 5.40. The Morgan fingerprint density at radius 3 is 2.29 bits per heavy atom. The summed E-state index contributed by atoms with van der Waals surface area (Å²) in [5.74, 6) is -0.209. The van der Waals surface area contributed by atoms with Gasteiger partial charge in [0.2, 0.25) is 0 Å². The third-order valence-electron chi connectivity index (χ3n) is 5.40. The van der Waals surface area contributed by atoms with Crippen LogP contribution in [0.4, 0.5) is 18.9 Å². The van der Waals surface area contributed by atoms with Gasteiger partial charge in [-0.05, 0) is 56.4 Å². The first-order valence-electron chi connectivity index (χ1n) is 9.73. The Kier molecular flexibility index (Phi) is 6.39. The van der Waals surface area contributed by atoms with Crippen LogP contribution < -0.4 is 10.6 Å². The number of quaternary nitrogens is 1. The topological polar surface area (TPSA) is 45.7 Å². The highest BCUT2D eigenvalue weighted by Crippen LogP contribution is 2.30. The third kappa shape index (κ3) is 5.13. The van der Waals surface area contributed by atoms with Crippen LogP contribution in [0.15, 0.2) is 48.5 Å². The van der Waals surface area contributed by atoms with E-state index in [1.54, 1.807) is 0 Å². The zero-order chi connectivity index (χ0) is 20.1. The first-order valence-corrected chi connectivity index (χ1v) is 9.73. The largest absolute Gasteiger partial charge is 0.416 e. The number of nitrogens with one attached hydrogen (secondary N) is 1. The van der Waals surface area contributed by atoms with Crippen LogP contribution in [0, 0.1) is 6.92 Å². The van der Waals surface area contributed by atoms with Gasteiger partial charge in [-0.1, -0.05) is 36.8 Å². The lowest BCUT2D eigenvalue weighted by atomic mass is 9.93. The van der Waals surface area contributed by atoms with Gasteiger partial charge in [0.25, 0.3) is 5.91 Å². The minimum atomic E-state index is -4.38. The summed E-state index contributed by atoms with van der Waals surface area (Å²) >= 11 is 0. The van der Waals surface area contributed by atoms with E-state index in [-0.39, 0.29) is 5.91 Å². The van der Waals surface area contributed by atoms with Gasteiger partial charge < -0.3 is 10.6 Å². The molecular weight excluding hydrogens is 365 g/mol. The summed E-state index contributed by atoms with van der Waals surface area (Å²) in [5, 5.41) is 4.97. The highest BCUT2D eigenvalue weighted by molar-refractivity contribution is 5.95. The number of carbonyl (C=O) groups is 1. The second kappa shape index (κ2) is 8.78. The second-order valence-electron chi connectivity index (χ2n) is 7.49. The Balaban J connectivity index is 1.83. The van der Waals surface area contributed by atoms with Crippen molar-refractivity contribution in [1.29, 1.82) is 0 Å². The smallest absolute Gasteiger partial charge is 0.330 e. The molecule has 1 atom stereocenters. The van der Waals surface area contributed by atoms with Crippen molar-refractivity contribution in [3.05, 3.63) is 65.2 Å². The van der Waals surface area contributed by atoms with E-state index in [9.17, 15) is 18.0 Å². The van der Waals surface area contributed by atoms with Crippen molar-refractivity contribution in [2.24, 2.45) is 0 Å². The van der Waals surface area contributed by atoms with Gasteiger partial charge in [0.1, 0.15) is 0 Å². The second-order valence-corrected chi connectivity index (χ2v) is 7.49. The standard InChI is InChI=1S/C22H25F3N2O/c1-15-7-5-6-10-19(15)27-21(28)20(26-18-8-3-2-4-9-18)16-11-13-17(14-12-16)22(23,24)25/h5-7,10-14,18,20,26H,2-4,8-9H2,1H3,(H,27,28)/p+1/t20-/m0/s1. The number of alkyl halides is 3. The van der Waals surface area contributed by atoms with E-state index in [4.69, 9.17) is 0 Å². The number of benzene rings is 2. The molecule has 0 radical (unpaired) electrons. The van der Waals surface area contributed by atoms with Crippen LogP contribution in [-0.2, 0) is 11.0 Å². The van der Waals surface area contributed by atoms with Gasteiger partial charge in [0.15, 0.2) is 6.04 Å². The Bertz CT molecular complexity index is 796. The fourth-order valence-corrected chi connectivity index (χ4v) is 3.75. The fraction of sp³-hybridized carbons (Fsp3) is 0.409. The van der Waals surface area contributed by atoms with Gasteiger partial charge in [-0.3, -0.25) is 4.79 Å². The van der Waals surface area contributed by atoms with Crippen LogP contribution >= 0.6 is 0 Å². The predicted octanol–water partition coefficient (Wildman–Crippen LogP) is 4.59. The average molecular weight is 391 g/mol. The molecule has 0 spiro atoms. The summed E-state index contributed by atoms with van der Waals surface area (Å²) < 4.78 is 38.7. The predicted molar refractivity (Wildman–Crippen MR) is 103 cm³/mol. The maximum Gasteiger partial charge on any atom is 0.416 e. The SMILES string of the molecule is Cc1ccccc1NC(=O)[C@@H]([NH2+]C1CCCCC1)c1ccc(C(F)(F)F)cc1. The van der Waals surface area contributed by atoms with E-state index < -0.39 is 17.8 Å². The van der Waals surface area contributed by atoms with Crippen molar-refractivity contribution in [1.82, 2.24) is 0 Å². The van der Waals surface area contributed by atoms with Gasteiger partial charge >= 0.3 is 6.18 Å². The highest BCUT2D eigenvalue weighted by atomic mass is 19.4. The first-order chi connectivity index (χ1) is 13.3. The number of halogens is 3. The Hall–Kier alpha value is -2.34. The van der Waals surface area contributed by atoms with Crippen LogP contribution in [0.2, 0.25) is 0 Å². The maximum absolute atomic E-state index is 13.1. The molecule has 150 valence electrons. The summed E-state index contributed by atoms with van der Waals surface area (Å²) in [7, 11) is 0. The minimum Gasteiger partial charge on any atom is -0.330 e. The van der Waals surface area contributed by atoms with E-state index in [0.29, 0.717) is 11.6 Å². The molecule has 0 saturated heterocycles. The van der Waals surface area contributed by atoms with Crippen LogP contribution in [0.3, 0.4) is 0 Å². The Labute approximate surface area is 163 Å². The fourth-order valence-electron chi connectivity index (χ4n) is 3.75. The van der Waals surface area contributed by atoms with Crippen molar-refractivity contribution in [2.75, 3.05) is 5.32 Å². The molecule has 2 aromatic rings. The molecule has 3 N–H and O–H groups in total. The van der Waals surface area contributed by atoms with Crippen molar-refractivity contribution >= 4 is 11.6 Å². The summed E-state index contributed by atoms with van der Waals surface area (Å²) in [6.07, 6.45) is 1.11. The number of hydrogen-bond donors (Lipinski definition) is 2. The van der Waals surface area contributed by atoms with Gasteiger partial charge in [0, 0.05) is 11.3 Å². The highest BCUT2D eigenvalue weighted by Gasteiger charge is 2.33. The number of para-hydroxylation sites is 1. The molecule has 1 saturated carbocycles. The zero-order valence-corrected chi connectivity index (χ0v) is 15.9. The van der Waals surface area contributed by atoms with Crippen molar-refractivity contribution in [3.8, 4) is 0 Å². The lowest BCUT2D eigenvalue weighted by Gasteiger charge is -2.25. The molecule has 1 fully saturated rings. The zero-order valence-electron chi connectivity index (χ0n) is 15.9. The van der Waals surface area contributed by atoms with E-state index in [2.05, 4.69) is 5.32 Å². The van der Waals surface area contributed by atoms with E-state index >= 15 is 0 Å². The molecule has 0 unspecified atom stereocenters. The summed E-state index contributed by atoms with van der Waals surface area (Å²) in [5.41, 5.74) is 1.55. The molecule has 1 aliphatic rings. The first kappa shape index (κ1) is 20.4. The van der Waals surface area contributed by atoms with Crippen LogP contribution in [0.5, 0.6) is 0 Å². The number of rotatable bonds is 5. The minimum absolute atomic E-state index is 0.209. The van der Waals surface area contributed by atoms with E-state index in [1.165, 1.54) is 18.6 Å². The van der Waals surface area contributed by atoms with Crippen LogP contribution in [0.25, 0.3) is 0 Å². The van der Waals surface area contributed by atoms with E-state index in [1.807, 2.05) is 36.5 Å². The molecule has 1 amide bonds. The number of amides is 1. The lowest BCUT2D eigenvalue weighted by Crippen LogP contribution is -2.92. The van der Waals surface area contributed by atoms with Gasteiger partial charge in [-0.2, -0.15) is 13.2 Å². The Morgan fingerprint density at radius 2 is 1.68 bits per heavy atom. The molecule has 6 heteroatoms. The molecule has 3 rings (SSSR count). The molecule has 0 aliphatic heterocycles. The molecule has 0 aromatic heterocycles. The molecule has 0 heterocycles. The molecule has 3 nitrogen and oxygen atoms in total. The lowest BCUT2D eigenvalue weighted by molar-refractivity contribution is -0.717. The van der Waals surface area contributed by atoms with Crippen molar-refractivity contribution in [2.45, 2.75) is 57.3 Å². The van der Waals surface area contributed by atoms with Crippen molar-refractivity contribution < 1.29 is 23.3 Å². The normalized spacial score (nSPS) is 16.6. The number of anilines is 1. The Morgan fingerprint density at radius 1 is 1.04 bits per heavy atom. The average Bonchev–Trinajstić information content (AvgIpc) is 2.68. The molecule has 2 aromatic carbocycles. The van der Waals surface area contributed by atoms with Gasteiger partial charge in [0.05, 0.1) is 11.6 Å². The molecule has 0 bridgehead atoms. The monoisotopic (exact) mass is 391 g/mol.